The van der Waals surface area contributed by atoms with Gasteiger partial charge in [0.15, 0.2) is 0 Å². The van der Waals surface area contributed by atoms with E-state index in [4.69, 9.17) is 5.73 Å². The van der Waals surface area contributed by atoms with Crippen molar-refractivity contribution in [1.29, 1.82) is 0 Å². The molecule has 0 amide bonds. The predicted molar refractivity (Wildman–Crippen MR) is 82.9 cm³/mol. The summed E-state index contributed by atoms with van der Waals surface area (Å²) in [7, 11) is 2.14. The van der Waals surface area contributed by atoms with Crippen molar-refractivity contribution in [2.45, 2.75) is 13.0 Å². The number of anilines is 1. The molecule has 2 aromatic rings. The molecule has 0 aliphatic carbocycles. The van der Waals surface area contributed by atoms with Gasteiger partial charge in [-0.3, -0.25) is 0 Å². The van der Waals surface area contributed by atoms with Crippen LogP contribution < -0.4 is 5.73 Å². The van der Waals surface area contributed by atoms with Crippen molar-refractivity contribution in [2.75, 3.05) is 19.3 Å². The van der Waals surface area contributed by atoms with E-state index in [0.29, 0.717) is 0 Å². The molecule has 1 heterocycles. The zero-order valence-corrected chi connectivity index (χ0v) is 12.8. The van der Waals surface area contributed by atoms with Crippen LogP contribution >= 0.6 is 27.3 Å². The fraction of sp³-hybridized carbons (Fsp3) is 0.286. The molecule has 4 heteroatoms. The van der Waals surface area contributed by atoms with E-state index in [-0.39, 0.29) is 0 Å². The number of thiophene rings is 1. The first-order valence-electron chi connectivity index (χ1n) is 5.89. The van der Waals surface area contributed by atoms with Crippen molar-refractivity contribution < 1.29 is 0 Å². The van der Waals surface area contributed by atoms with Gasteiger partial charge in [-0.2, -0.15) is 0 Å². The number of hydrogen-bond donors (Lipinski definition) is 1. The molecule has 0 spiro atoms. The molecule has 0 bridgehead atoms. The van der Waals surface area contributed by atoms with Crippen molar-refractivity contribution in [1.82, 2.24) is 4.90 Å². The smallest absolute Gasteiger partial charge is 0.0317 e. The van der Waals surface area contributed by atoms with E-state index in [1.807, 2.05) is 18.2 Å². The Hall–Kier alpha value is -0.840. The summed E-state index contributed by atoms with van der Waals surface area (Å²) in [4.78, 5) is 3.74. The second kappa shape index (κ2) is 6.36. The van der Waals surface area contributed by atoms with E-state index in [0.717, 1.165) is 25.2 Å². The van der Waals surface area contributed by atoms with Crippen LogP contribution in [0.3, 0.4) is 0 Å². The molecule has 0 fully saturated rings. The Morgan fingerprint density at radius 2 is 2.17 bits per heavy atom. The summed E-state index contributed by atoms with van der Waals surface area (Å²) in [5.41, 5.74) is 7.88. The van der Waals surface area contributed by atoms with E-state index in [1.54, 1.807) is 11.3 Å². The Bertz CT molecular complexity index is 510. The first-order valence-corrected chi connectivity index (χ1v) is 7.56. The number of nitrogens with two attached hydrogens (primary N) is 1. The molecule has 0 radical (unpaired) electrons. The lowest BCUT2D eigenvalue weighted by Gasteiger charge is -2.16. The summed E-state index contributed by atoms with van der Waals surface area (Å²) in [6.07, 6.45) is 1.09. The number of nitrogens with zero attached hydrogens (tertiary/aromatic N) is 1. The van der Waals surface area contributed by atoms with Crippen molar-refractivity contribution in [2.24, 2.45) is 0 Å². The molecule has 2 nitrogen and oxygen atoms in total. The highest BCUT2D eigenvalue weighted by Crippen LogP contribution is 2.20. The fourth-order valence-electron chi connectivity index (χ4n) is 1.87. The van der Waals surface area contributed by atoms with Gasteiger partial charge < -0.3 is 10.6 Å². The molecule has 0 unspecified atom stereocenters. The minimum absolute atomic E-state index is 0.836. The molecular formula is C14H17BrN2S. The number of likely N-dealkylation sites (N-methyl/N-ethyl adjacent to an activating group) is 1. The number of halogens is 1. The molecule has 0 atom stereocenters. The summed E-state index contributed by atoms with van der Waals surface area (Å²) in [6, 6.07) is 10.3. The van der Waals surface area contributed by atoms with Crippen molar-refractivity contribution >= 4 is 33.0 Å². The van der Waals surface area contributed by atoms with Crippen LogP contribution in [0, 0.1) is 0 Å². The molecule has 0 saturated carbocycles. The summed E-state index contributed by atoms with van der Waals surface area (Å²) in [5, 5.41) is 2.13. The molecule has 96 valence electrons. The molecule has 0 saturated heterocycles. The fourth-order valence-corrected chi connectivity index (χ4v) is 3.31. The molecule has 2 rings (SSSR count). The molecule has 0 aliphatic rings. The van der Waals surface area contributed by atoms with Crippen LogP contribution in [0.5, 0.6) is 0 Å². The molecule has 0 aliphatic heterocycles. The summed E-state index contributed by atoms with van der Waals surface area (Å²) in [6.45, 7) is 2.00. The van der Waals surface area contributed by atoms with Crippen LogP contribution in [0.4, 0.5) is 5.69 Å². The third-order valence-electron chi connectivity index (χ3n) is 2.77. The topological polar surface area (TPSA) is 29.3 Å². The first kappa shape index (κ1) is 13.6. The monoisotopic (exact) mass is 324 g/mol. The third-order valence-corrected chi connectivity index (χ3v) is 4.52. The maximum Gasteiger partial charge on any atom is 0.0317 e. The van der Waals surface area contributed by atoms with Crippen molar-refractivity contribution in [3.63, 3.8) is 0 Å². The Labute approximate surface area is 121 Å². The highest BCUT2D eigenvalue weighted by atomic mass is 79.9. The van der Waals surface area contributed by atoms with E-state index >= 15 is 0 Å². The lowest BCUT2D eigenvalue weighted by Crippen LogP contribution is -2.20. The molecule has 18 heavy (non-hydrogen) atoms. The van der Waals surface area contributed by atoms with Gasteiger partial charge in [-0.15, -0.1) is 11.3 Å². The van der Waals surface area contributed by atoms with Gasteiger partial charge >= 0.3 is 0 Å². The average molecular weight is 325 g/mol. The standard InChI is InChI=1S/C14H17BrN2S/c1-17(6-5-14-8-12(15)10-18-14)9-11-3-2-4-13(16)7-11/h2-4,7-8,10H,5-6,9,16H2,1H3. The van der Waals surface area contributed by atoms with Crippen LogP contribution in [-0.2, 0) is 13.0 Å². The minimum atomic E-state index is 0.836. The van der Waals surface area contributed by atoms with E-state index in [9.17, 15) is 0 Å². The molecule has 1 aromatic carbocycles. The van der Waals surface area contributed by atoms with Gasteiger partial charge in [0.1, 0.15) is 0 Å². The van der Waals surface area contributed by atoms with E-state index < -0.39 is 0 Å². The zero-order chi connectivity index (χ0) is 13.0. The summed E-state index contributed by atoms with van der Waals surface area (Å²) in [5.74, 6) is 0. The van der Waals surface area contributed by atoms with Crippen LogP contribution in [-0.4, -0.2) is 18.5 Å². The van der Waals surface area contributed by atoms with Gasteiger partial charge in [0.2, 0.25) is 0 Å². The van der Waals surface area contributed by atoms with Gasteiger partial charge in [0.05, 0.1) is 0 Å². The third kappa shape index (κ3) is 4.12. The molecule has 2 N–H and O–H groups in total. The van der Waals surface area contributed by atoms with Crippen molar-refractivity contribution in [3.05, 3.63) is 50.6 Å². The maximum absolute atomic E-state index is 5.78. The summed E-state index contributed by atoms with van der Waals surface area (Å²) >= 11 is 5.29. The van der Waals surface area contributed by atoms with Gasteiger partial charge in [0.25, 0.3) is 0 Å². The number of benzene rings is 1. The second-order valence-corrected chi connectivity index (χ2v) is 6.38. The van der Waals surface area contributed by atoms with Crippen LogP contribution in [0.1, 0.15) is 10.4 Å². The zero-order valence-electron chi connectivity index (χ0n) is 10.4. The van der Waals surface area contributed by atoms with Crippen LogP contribution in [0.25, 0.3) is 0 Å². The predicted octanol–water partition coefficient (Wildman–Crippen LogP) is 3.77. The highest BCUT2D eigenvalue weighted by Gasteiger charge is 2.03. The Kier molecular flexibility index (Phi) is 4.80. The number of nitrogen functional groups attached to an aromatic ring is 1. The quantitative estimate of drug-likeness (QED) is 0.848. The lowest BCUT2D eigenvalue weighted by atomic mass is 10.2. The maximum atomic E-state index is 5.78. The molecule has 1 aromatic heterocycles. The van der Waals surface area contributed by atoms with Crippen molar-refractivity contribution in [3.8, 4) is 0 Å². The number of rotatable bonds is 5. The summed E-state index contributed by atoms with van der Waals surface area (Å²) < 4.78 is 1.18. The van der Waals surface area contributed by atoms with Gasteiger partial charge in [-0.1, -0.05) is 12.1 Å². The largest absolute Gasteiger partial charge is 0.399 e. The van der Waals surface area contributed by atoms with Crippen LogP contribution in [0.2, 0.25) is 0 Å². The van der Waals surface area contributed by atoms with Gasteiger partial charge in [0, 0.05) is 33.5 Å². The first-order chi connectivity index (χ1) is 8.63. The normalized spacial score (nSPS) is 11.1. The Morgan fingerprint density at radius 3 is 2.83 bits per heavy atom. The minimum Gasteiger partial charge on any atom is -0.399 e. The number of hydrogen-bond acceptors (Lipinski definition) is 3. The van der Waals surface area contributed by atoms with Gasteiger partial charge in [-0.25, -0.2) is 0 Å². The Balaban J connectivity index is 1.83. The molecular weight excluding hydrogens is 308 g/mol. The lowest BCUT2D eigenvalue weighted by molar-refractivity contribution is 0.332. The van der Waals surface area contributed by atoms with Crippen LogP contribution in [0.15, 0.2) is 40.2 Å². The average Bonchev–Trinajstić information content (AvgIpc) is 2.73. The second-order valence-electron chi connectivity index (χ2n) is 4.46. The van der Waals surface area contributed by atoms with E-state index in [2.05, 4.69) is 45.4 Å². The van der Waals surface area contributed by atoms with Gasteiger partial charge in [-0.05, 0) is 53.2 Å². The van der Waals surface area contributed by atoms with E-state index in [1.165, 1.54) is 14.9 Å². The Morgan fingerprint density at radius 1 is 1.33 bits per heavy atom. The SMILES string of the molecule is CN(CCc1cc(Br)cs1)Cc1cccc(N)c1. The highest BCUT2D eigenvalue weighted by molar-refractivity contribution is 9.10.